The highest BCUT2D eigenvalue weighted by molar-refractivity contribution is 5.93. The van der Waals surface area contributed by atoms with E-state index in [0.717, 1.165) is 6.42 Å². The van der Waals surface area contributed by atoms with E-state index in [4.69, 9.17) is 0 Å². The molecule has 54 heavy (non-hydrogen) atoms. The molecule has 0 N–H and O–H groups in total. The van der Waals surface area contributed by atoms with Crippen LogP contribution in [0.2, 0.25) is 0 Å². The molecular formula is C54H38. The van der Waals surface area contributed by atoms with Crippen LogP contribution in [-0.2, 0) is 6.42 Å². The normalized spacial score (nSPS) is 16.1. The van der Waals surface area contributed by atoms with Crippen LogP contribution in [0.1, 0.15) is 61.9 Å². The Kier molecular flexibility index (Phi) is 7.07. The summed E-state index contributed by atoms with van der Waals surface area (Å²) >= 11 is 0. The molecule has 0 radical (unpaired) electrons. The van der Waals surface area contributed by atoms with Gasteiger partial charge >= 0.3 is 0 Å². The SMILES string of the molecule is Cc1c2cccc1-c1cc(-c3ccc4c(c3)-c3ccccc3C4c3ccc4c(c3)-c3ccccc3C4Cc3ccccc3)ccc1/C=C\c1ccccc1-2. The van der Waals surface area contributed by atoms with Crippen LogP contribution >= 0.6 is 0 Å². The van der Waals surface area contributed by atoms with E-state index >= 15 is 0 Å². The topological polar surface area (TPSA) is 0 Å². The first-order valence-electron chi connectivity index (χ1n) is 19.2. The number of rotatable bonds is 4. The summed E-state index contributed by atoms with van der Waals surface area (Å²) in [5.41, 5.74) is 25.3. The first kappa shape index (κ1) is 31.1. The molecule has 0 aromatic heterocycles. The van der Waals surface area contributed by atoms with E-state index in [1.54, 1.807) is 0 Å². The minimum Gasteiger partial charge on any atom is -0.0622 e. The highest BCUT2D eigenvalue weighted by atomic mass is 14.4. The summed E-state index contributed by atoms with van der Waals surface area (Å²) in [5, 5.41) is 0. The van der Waals surface area contributed by atoms with Gasteiger partial charge in [0.2, 0.25) is 0 Å². The highest BCUT2D eigenvalue weighted by Crippen LogP contribution is 2.52. The first-order chi connectivity index (χ1) is 26.7. The van der Waals surface area contributed by atoms with E-state index in [9.17, 15) is 0 Å². The van der Waals surface area contributed by atoms with Gasteiger partial charge in [0, 0.05) is 11.8 Å². The van der Waals surface area contributed by atoms with Crippen LogP contribution in [0.15, 0.2) is 176 Å². The van der Waals surface area contributed by atoms with Crippen molar-refractivity contribution in [2.24, 2.45) is 0 Å². The summed E-state index contributed by atoms with van der Waals surface area (Å²) in [6.45, 7) is 2.27. The largest absolute Gasteiger partial charge is 0.0622 e. The number of hydrogen-bond acceptors (Lipinski definition) is 0. The van der Waals surface area contributed by atoms with Crippen molar-refractivity contribution in [3.05, 3.63) is 226 Å². The number of benzene rings is 8. The van der Waals surface area contributed by atoms with Crippen LogP contribution in [-0.4, -0.2) is 0 Å². The maximum absolute atomic E-state index is 2.50. The molecule has 0 fully saturated rings. The van der Waals surface area contributed by atoms with E-state index in [1.165, 1.54) is 106 Å². The second-order valence-corrected chi connectivity index (χ2v) is 15.2. The van der Waals surface area contributed by atoms with Crippen molar-refractivity contribution in [3.8, 4) is 55.6 Å². The van der Waals surface area contributed by atoms with Gasteiger partial charge in [-0.3, -0.25) is 0 Å². The molecule has 2 atom stereocenters. The fourth-order valence-electron chi connectivity index (χ4n) is 9.72. The fourth-order valence-corrected chi connectivity index (χ4v) is 9.72. The zero-order valence-corrected chi connectivity index (χ0v) is 30.3. The Hall–Kier alpha value is -6.50. The van der Waals surface area contributed by atoms with E-state index in [-0.39, 0.29) is 5.92 Å². The van der Waals surface area contributed by atoms with Crippen molar-refractivity contribution in [3.63, 3.8) is 0 Å². The Balaban J connectivity index is 1.01. The van der Waals surface area contributed by atoms with Crippen molar-refractivity contribution in [2.45, 2.75) is 25.2 Å². The molecule has 0 spiro atoms. The zero-order chi connectivity index (χ0) is 35.8. The van der Waals surface area contributed by atoms with Gasteiger partial charge in [-0.05, 0) is 137 Å². The van der Waals surface area contributed by atoms with Gasteiger partial charge in [0.1, 0.15) is 0 Å². The van der Waals surface area contributed by atoms with E-state index < -0.39 is 0 Å². The average Bonchev–Trinajstić information content (AvgIpc) is 3.72. The predicted octanol–water partition coefficient (Wildman–Crippen LogP) is 14.0. The molecule has 0 amide bonds. The van der Waals surface area contributed by atoms with Crippen LogP contribution in [0.3, 0.4) is 0 Å². The van der Waals surface area contributed by atoms with Gasteiger partial charge in [0.15, 0.2) is 0 Å². The summed E-state index contributed by atoms with van der Waals surface area (Å²) in [6.07, 6.45) is 5.58. The minimum atomic E-state index is 0.188. The monoisotopic (exact) mass is 686 g/mol. The summed E-state index contributed by atoms with van der Waals surface area (Å²) in [5.74, 6) is 0.553. The highest BCUT2D eigenvalue weighted by Gasteiger charge is 2.33. The van der Waals surface area contributed by atoms with Gasteiger partial charge < -0.3 is 0 Å². The van der Waals surface area contributed by atoms with Crippen molar-refractivity contribution < 1.29 is 0 Å². The standard InChI is InChI=1S/C54H38/c1-34-41-20-11-21-42(34)50-31-38(25-24-37(50)23-22-36-14-5-6-15-43(36)41)39-26-29-49-53(32-39)46-18-9-10-19-48(46)54(49)40-27-28-47-51(30-35-12-3-2-4-13-35)44-16-7-8-17-45(44)52(47)33-40/h2-29,31-33,51,54H,30H2,1H3/b23-22-. The van der Waals surface area contributed by atoms with Crippen LogP contribution in [0.5, 0.6) is 0 Å². The third-order valence-corrected chi connectivity index (χ3v) is 12.3. The summed E-state index contributed by atoms with van der Waals surface area (Å²) in [7, 11) is 0. The molecule has 0 heteroatoms. The quantitative estimate of drug-likeness (QED) is 0.173. The van der Waals surface area contributed by atoms with E-state index in [0.29, 0.717) is 5.92 Å². The van der Waals surface area contributed by atoms with E-state index in [2.05, 4.69) is 195 Å². The van der Waals surface area contributed by atoms with Gasteiger partial charge in [-0.25, -0.2) is 0 Å². The Bertz CT molecular complexity index is 2810. The molecule has 0 heterocycles. The van der Waals surface area contributed by atoms with Crippen molar-refractivity contribution >= 4 is 12.2 Å². The molecule has 2 unspecified atom stereocenters. The summed E-state index contributed by atoms with van der Waals surface area (Å²) < 4.78 is 0. The van der Waals surface area contributed by atoms with Crippen LogP contribution < -0.4 is 0 Å². The van der Waals surface area contributed by atoms with Gasteiger partial charge in [-0.1, -0.05) is 170 Å². The molecule has 3 aliphatic carbocycles. The molecule has 3 aliphatic rings. The third-order valence-electron chi connectivity index (χ3n) is 12.3. The first-order valence-corrected chi connectivity index (χ1v) is 19.2. The summed E-state index contributed by atoms with van der Waals surface area (Å²) in [6, 6.07) is 66.1. The van der Waals surface area contributed by atoms with Gasteiger partial charge in [0.25, 0.3) is 0 Å². The Labute approximate surface area is 317 Å². The van der Waals surface area contributed by atoms with Gasteiger partial charge in [-0.2, -0.15) is 0 Å². The Morgan fingerprint density at radius 1 is 0.370 bits per heavy atom. The number of hydrogen-bond donors (Lipinski definition) is 0. The molecule has 11 rings (SSSR count). The van der Waals surface area contributed by atoms with Crippen molar-refractivity contribution in [2.75, 3.05) is 0 Å². The zero-order valence-electron chi connectivity index (χ0n) is 30.3. The molecule has 2 bridgehead atoms. The molecule has 0 nitrogen and oxygen atoms in total. The second kappa shape index (κ2) is 12.3. The van der Waals surface area contributed by atoms with Crippen LogP contribution in [0.4, 0.5) is 0 Å². The van der Waals surface area contributed by atoms with Crippen molar-refractivity contribution in [1.82, 2.24) is 0 Å². The molecule has 0 aliphatic heterocycles. The molecule has 0 saturated heterocycles. The fraction of sp³-hybridized carbons (Fsp3) is 0.0741. The lowest BCUT2D eigenvalue weighted by molar-refractivity contribution is 0.826. The lowest BCUT2D eigenvalue weighted by Crippen LogP contribution is -2.03. The van der Waals surface area contributed by atoms with Crippen LogP contribution in [0, 0.1) is 6.92 Å². The smallest absolute Gasteiger partial charge is 0.0352 e. The van der Waals surface area contributed by atoms with Gasteiger partial charge in [-0.15, -0.1) is 0 Å². The molecule has 254 valence electrons. The lowest BCUT2D eigenvalue weighted by Gasteiger charge is -2.18. The lowest BCUT2D eigenvalue weighted by atomic mass is 9.85. The summed E-state index contributed by atoms with van der Waals surface area (Å²) in [4.78, 5) is 0. The second-order valence-electron chi connectivity index (χ2n) is 15.2. The predicted molar refractivity (Wildman–Crippen MR) is 227 cm³/mol. The molecule has 8 aromatic rings. The third kappa shape index (κ3) is 4.84. The minimum absolute atomic E-state index is 0.188. The number of fused-ring (bicyclic) bond motifs is 12. The van der Waals surface area contributed by atoms with Crippen molar-refractivity contribution in [1.29, 1.82) is 0 Å². The molecule has 8 aromatic carbocycles. The van der Waals surface area contributed by atoms with Gasteiger partial charge in [0.05, 0.1) is 0 Å². The van der Waals surface area contributed by atoms with Crippen LogP contribution in [0.25, 0.3) is 67.8 Å². The maximum Gasteiger partial charge on any atom is 0.0352 e. The van der Waals surface area contributed by atoms with E-state index in [1.807, 2.05) is 0 Å². The Morgan fingerprint density at radius 3 is 1.72 bits per heavy atom. The Morgan fingerprint density at radius 2 is 0.907 bits per heavy atom. The maximum atomic E-state index is 2.50. The average molecular weight is 687 g/mol. The molecular weight excluding hydrogens is 649 g/mol. The molecule has 0 saturated carbocycles.